The molecule has 0 saturated carbocycles. The Morgan fingerprint density at radius 2 is 1.95 bits per heavy atom. The highest BCUT2D eigenvalue weighted by molar-refractivity contribution is 8.00. The molecule has 0 heterocycles. The molecule has 0 radical (unpaired) electrons. The highest BCUT2D eigenvalue weighted by Gasteiger charge is 2.18. The highest BCUT2D eigenvalue weighted by Crippen LogP contribution is 2.29. The second-order valence-corrected chi connectivity index (χ2v) is 5.91. The molecule has 1 atom stereocenters. The third-order valence-electron chi connectivity index (χ3n) is 2.93. The number of carbonyl (C=O) groups is 1. The topological polar surface area (TPSA) is 38.3 Å². The molecule has 2 rings (SSSR count). The molecule has 1 amide bonds. The van der Waals surface area contributed by atoms with Gasteiger partial charge in [-0.1, -0.05) is 12.1 Å². The molecular weight excluding hydrogens is 308 g/mol. The van der Waals surface area contributed by atoms with Crippen molar-refractivity contribution in [3.63, 3.8) is 0 Å². The van der Waals surface area contributed by atoms with Crippen LogP contribution in [-0.2, 0) is 4.79 Å². The maximum Gasteiger partial charge on any atom is 0.237 e. The lowest BCUT2D eigenvalue weighted by molar-refractivity contribution is -0.115. The predicted molar refractivity (Wildman–Crippen MR) is 83.3 cm³/mol. The van der Waals surface area contributed by atoms with Gasteiger partial charge in [-0.05, 0) is 31.2 Å². The van der Waals surface area contributed by atoms with Gasteiger partial charge < -0.3 is 10.1 Å². The first-order chi connectivity index (χ1) is 10.5. The molecule has 22 heavy (non-hydrogen) atoms. The van der Waals surface area contributed by atoms with Crippen LogP contribution in [0.2, 0.25) is 0 Å². The fourth-order valence-corrected chi connectivity index (χ4v) is 2.66. The van der Waals surface area contributed by atoms with E-state index in [1.54, 1.807) is 31.2 Å². The monoisotopic (exact) mass is 323 g/mol. The molecule has 0 unspecified atom stereocenters. The van der Waals surface area contributed by atoms with E-state index in [0.29, 0.717) is 11.4 Å². The van der Waals surface area contributed by atoms with E-state index in [2.05, 4.69) is 5.32 Å². The summed E-state index contributed by atoms with van der Waals surface area (Å²) in [6, 6.07) is 10.3. The zero-order valence-electron chi connectivity index (χ0n) is 12.1. The van der Waals surface area contributed by atoms with Crippen LogP contribution in [0.25, 0.3) is 0 Å². The smallest absolute Gasteiger partial charge is 0.237 e. The number of hydrogen-bond acceptors (Lipinski definition) is 3. The minimum Gasteiger partial charge on any atom is -0.495 e. The van der Waals surface area contributed by atoms with E-state index in [1.165, 1.54) is 13.2 Å². The minimum atomic E-state index is -0.679. The Balaban J connectivity index is 2.06. The minimum absolute atomic E-state index is 0.226. The number of anilines is 1. The number of hydrogen-bond donors (Lipinski definition) is 1. The SMILES string of the molecule is COc1ccccc1NC(=O)[C@H](C)Sc1ccc(F)cc1F. The molecule has 2 aromatic rings. The third kappa shape index (κ3) is 3.98. The number of benzene rings is 2. The van der Waals surface area contributed by atoms with Crippen molar-refractivity contribution in [2.75, 3.05) is 12.4 Å². The molecule has 0 bridgehead atoms. The van der Waals surface area contributed by atoms with Crippen molar-refractivity contribution in [1.82, 2.24) is 0 Å². The fraction of sp³-hybridized carbons (Fsp3) is 0.188. The number of para-hydroxylation sites is 2. The molecule has 0 aliphatic heterocycles. The quantitative estimate of drug-likeness (QED) is 0.842. The van der Waals surface area contributed by atoms with Crippen LogP contribution in [-0.4, -0.2) is 18.3 Å². The van der Waals surface area contributed by atoms with Crippen LogP contribution in [0.4, 0.5) is 14.5 Å². The van der Waals surface area contributed by atoms with E-state index in [9.17, 15) is 13.6 Å². The molecule has 0 aliphatic rings. The van der Waals surface area contributed by atoms with Crippen LogP contribution in [0.3, 0.4) is 0 Å². The maximum atomic E-state index is 13.6. The Morgan fingerprint density at radius 1 is 1.23 bits per heavy atom. The normalized spacial score (nSPS) is 11.8. The van der Waals surface area contributed by atoms with E-state index in [-0.39, 0.29) is 10.8 Å². The lowest BCUT2D eigenvalue weighted by Crippen LogP contribution is -2.22. The van der Waals surface area contributed by atoms with Gasteiger partial charge in [0.15, 0.2) is 0 Å². The molecule has 116 valence electrons. The van der Waals surface area contributed by atoms with Crippen LogP contribution in [0.5, 0.6) is 5.75 Å². The first kappa shape index (κ1) is 16.3. The van der Waals surface area contributed by atoms with Crippen molar-refractivity contribution in [2.45, 2.75) is 17.1 Å². The van der Waals surface area contributed by atoms with Crippen molar-refractivity contribution < 1.29 is 18.3 Å². The number of ether oxygens (including phenoxy) is 1. The van der Waals surface area contributed by atoms with E-state index in [1.807, 2.05) is 0 Å². The number of halogens is 2. The van der Waals surface area contributed by atoms with Gasteiger partial charge >= 0.3 is 0 Å². The Labute approximate surface area is 131 Å². The molecule has 0 fully saturated rings. The first-order valence-electron chi connectivity index (χ1n) is 6.57. The van der Waals surface area contributed by atoms with Gasteiger partial charge in [-0.3, -0.25) is 4.79 Å². The molecule has 0 spiro atoms. The number of thioether (sulfide) groups is 1. The van der Waals surface area contributed by atoms with Crippen molar-refractivity contribution in [1.29, 1.82) is 0 Å². The summed E-state index contributed by atoms with van der Waals surface area (Å²) in [5.74, 6) is -1.07. The zero-order chi connectivity index (χ0) is 16.1. The van der Waals surface area contributed by atoms with Crippen molar-refractivity contribution in [3.05, 3.63) is 54.1 Å². The number of amides is 1. The zero-order valence-corrected chi connectivity index (χ0v) is 12.9. The van der Waals surface area contributed by atoms with Crippen molar-refractivity contribution in [2.24, 2.45) is 0 Å². The summed E-state index contributed by atoms with van der Waals surface area (Å²) in [7, 11) is 1.51. The van der Waals surface area contributed by atoms with Gasteiger partial charge in [-0.25, -0.2) is 8.78 Å². The van der Waals surface area contributed by atoms with Gasteiger partial charge in [-0.2, -0.15) is 0 Å². The summed E-state index contributed by atoms with van der Waals surface area (Å²) in [6.45, 7) is 1.65. The number of rotatable bonds is 5. The molecule has 1 N–H and O–H groups in total. The second kappa shape index (κ2) is 7.26. The third-order valence-corrected chi connectivity index (χ3v) is 4.08. The lowest BCUT2D eigenvalue weighted by Gasteiger charge is -2.14. The van der Waals surface area contributed by atoms with Crippen LogP contribution in [0.1, 0.15) is 6.92 Å². The predicted octanol–water partition coefficient (Wildman–Crippen LogP) is 4.09. The van der Waals surface area contributed by atoms with E-state index < -0.39 is 16.9 Å². The number of methoxy groups -OCH3 is 1. The largest absolute Gasteiger partial charge is 0.495 e. The van der Waals surface area contributed by atoms with Gasteiger partial charge in [-0.15, -0.1) is 11.8 Å². The summed E-state index contributed by atoms with van der Waals surface area (Å²) < 4.78 is 31.6. The maximum absolute atomic E-state index is 13.6. The summed E-state index contributed by atoms with van der Waals surface area (Å²) in [6.07, 6.45) is 0. The van der Waals surface area contributed by atoms with Crippen LogP contribution >= 0.6 is 11.8 Å². The van der Waals surface area contributed by atoms with Gasteiger partial charge in [0.1, 0.15) is 17.4 Å². The van der Waals surface area contributed by atoms with Crippen molar-refractivity contribution in [3.8, 4) is 5.75 Å². The Bertz CT molecular complexity index is 679. The first-order valence-corrected chi connectivity index (χ1v) is 7.45. The Hall–Kier alpha value is -2.08. The summed E-state index contributed by atoms with van der Waals surface area (Å²) in [4.78, 5) is 12.4. The van der Waals surface area contributed by atoms with Crippen LogP contribution < -0.4 is 10.1 Å². The summed E-state index contributed by atoms with van der Waals surface area (Å²) in [5, 5.41) is 2.18. The van der Waals surface area contributed by atoms with E-state index in [4.69, 9.17) is 4.74 Å². The second-order valence-electron chi connectivity index (χ2n) is 4.52. The molecule has 6 heteroatoms. The van der Waals surface area contributed by atoms with Gasteiger partial charge in [0.25, 0.3) is 0 Å². The van der Waals surface area contributed by atoms with Crippen LogP contribution in [0, 0.1) is 11.6 Å². The van der Waals surface area contributed by atoms with Gasteiger partial charge in [0, 0.05) is 11.0 Å². The molecule has 0 aliphatic carbocycles. The molecule has 3 nitrogen and oxygen atoms in total. The van der Waals surface area contributed by atoms with E-state index in [0.717, 1.165) is 23.9 Å². The standard InChI is InChI=1S/C16H15F2NO2S/c1-10(22-15-8-7-11(17)9-12(15)18)16(20)19-13-5-3-4-6-14(13)21-2/h3-10H,1-2H3,(H,19,20)/t10-/m0/s1. The average Bonchev–Trinajstić information content (AvgIpc) is 2.50. The summed E-state index contributed by atoms with van der Waals surface area (Å²) >= 11 is 1.03. The molecule has 2 aromatic carbocycles. The molecule has 0 aromatic heterocycles. The summed E-state index contributed by atoms with van der Waals surface area (Å²) in [5.41, 5.74) is 0.544. The lowest BCUT2D eigenvalue weighted by atomic mass is 10.3. The Kier molecular flexibility index (Phi) is 5.38. The average molecular weight is 323 g/mol. The highest BCUT2D eigenvalue weighted by atomic mass is 32.2. The van der Waals surface area contributed by atoms with Crippen molar-refractivity contribution >= 4 is 23.4 Å². The molecular formula is C16H15F2NO2S. The number of carbonyl (C=O) groups excluding carboxylic acids is 1. The number of nitrogens with one attached hydrogen (secondary N) is 1. The Morgan fingerprint density at radius 3 is 2.64 bits per heavy atom. The van der Waals surface area contributed by atoms with Gasteiger partial charge in [0.2, 0.25) is 5.91 Å². The van der Waals surface area contributed by atoms with E-state index >= 15 is 0 Å². The fourth-order valence-electron chi connectivity index (χ4n) is 1.80. The molecule has 0 saturated heterocycles. The van der Waals surface area contributed by atoms with Gasteiger partial charge in [0.05, 0.1) is 18.0 Å². The van der Waals surface area contributed by atoms with Crippen LogP contribution in [0.15, 0.2) is 47.4 Å².